The van der Waals surface area contributed by atoms with Crippen molar-refractivity contribution in [1.82, 2.24) is 0 Å². The topological polar surface area (TPSA) is 84.0 Å². The minimum Gasteiger partial charge on any atom is -0.426 e. The first-order valence-electron chi connectivity index (χ1n) is 12.5. The molecule has 214 valence electrons. The molecular formula is C28H20Cl6N2O5. The van der Waals surface area contributed by atoms with Crippen molar-refractivity contribution in [1.29, 1.82) is 0 Å². The van der Waals surface area contributed by atoms with E-state index in [0.717, 1.165) is 16.2 Å². The van der Waals surface area contributed by atoms with Gasteiger partial charge in [-0.05, 0) is 55.3 Å². The van der Waals surface area contributed by atoms with Crippen LogP contribution in [0.3, 0.4) is 0 Å². The highest BCUT2D eigenvalue weighted by Crippen LogP contribution is 2.77. The molecule has 41 heavy (non-hydrogen) atoms. The number of fused-ring (bicyclic) bond motifs is 5. The first-order chi connectivity index (χ1) is 19.2. The molecule has 2 heterocycles. The zero-order valence-corrected chi connectivity index (χ0v) is 25.9. The van der Waals surface area contributed by atoms with E-state index in [4.69, 9.17) is 74.3 Å². The molecule has 0 radical (unpaired) electrons. The van der Waals surface area contributed by atoms with E-state index in [1.54, 1.807) is 11.8 Å². The zero-order valence-electron chi connectivity index (χ0n) is 21.4. The van der Waals surface area contributed by atoms with Crippen LogP contribution in [0.5, 0.6) is 5.75 Å². The maximum atomic E-state index is 13.7. The highest BCUT2D eigenvalue weighted by atomic mass is 35.5. The summed E-state index contributed by atoms with van der Waals surface area (Å²) in [6.07, 6.45) is 0.0194. The number of aryl methyl sites for hydroxylation is 2. The van der Waals surface area contributed by atoms with Gasteiger partial charge in [-0.3, -0.25) is 19.2 Å². The van der Waals surface area contributed by atoms with Crippen LogP contribution in [0.15, 0.2) is 52.5 Å². The number of imide groups is 1. The minimum atomic E-state index is -2.02. The number of halogens is 6. The fourth-order valence-electron chi connectivity index (χ4n) is 6.29. The molecule has 2 aliphatic carbocycles. The SMILES string of the molecule is Cc1cccc(N2C[C@H](C(=O)Oc3ccc(N4C(=O)[C@@H]5[C@H](C4=O)[C@@]4(Cl)C(Cl)=C(Cl)[C@@]5(Cl)C4(Cl)Cl)c(C)c3)CC2=O)c1. The molecule has 5 atom stereocenters. The predicted octanol–water partition coefficient (Wildman–Crippen LogP) is 6.21. The largest absolute Gasteiger partial charge is 0.426 e. The second kappa shape index (κ2) is 9.50. The number of alkyl halides is 4. The number of allylic oxidation sites excluding steroid dienone is 2. The molecule has 2 saturated heterocycles. The van der Waals surface area contributed by atoms with E-state index < -0.39 is 49.6 Å². The van der Waals surface area contributed by atoms with Crippen molar-refractivity contribution in [2.75, 3.05) is 16.3 Å². The molecule has 13 heteroatoms. The van der Waals surface area contributed by atoms with Gasteiger partial charge >= 0.3 is 5.97 Å². The number of benzene rings is 2. The molecule has 1 saturated carbocycles. The van der Waals surface area contributed by atoms with Crippen LogP contribution in [-0.4, -0.2) is 44.3 Å². The van der Waals surface area contributed by atoms with E-state index in [1.165, 1.54) is 18.2 Å². The van der Waals surface area contributed by atoms with Crippen LogP contribution < -0.4 is 14.5 Å². The lowest BCUT2D eigenvalue weighted by atomic mass is 9.84. The molecule has 6 rings (SSSR count). The van der Waals surface area contributed by atoms with Crippen molar-refractivity contribution in [3.05, 3.63) is 63.7 Å². The van der Waals surface area contributed by atoms with Crippen molar-refractivity contribution in [2.45, 2.75) is 34.3 Å². The van der Waals surface area contributed by atoms with Gasteiger partial charge < -0.3 is 9.64 Å². The summed E-state index contributed by atoms with van der Waals surface area (Å²) in [6, 6.07) is 11.9. The van der Waals surface area contributed by atoms with Crippen LogP contribution in [0.25, 0.3) is 0 Å². The second-order valence-electron chi connectivity index (χ2n) is 10.7. The summed E-state index contributed by atoms with van der Waals surface area (Å²) in [5.74, 6) is -5.08. The number of hydrogen-bond donors (Lipinski definition) is 0. The van der Waals surface area contributed by atoms with Crippen LogP contribution in [-0.2, 0) is 19.2 Å². The standard InChI is InChI=1S/C28H20Cl6N2O5/c1-12-4-3-5-15(8-12)35-11-14(10-18(35)37)25(40)41-16-6-7-17(13(2)9-16)36-23(38)19-20(24(36)39)27(32)22(30)21(29)26(19,31)28(27,33)34/h3-9,14,19-20H,10-11H2,1-2H3/t14-,19-,20+,26-,27-/m1/s1. The monoisotopic (exact) mass is 674 g/mol. The second-order valence-corrected chi connectivity index (χ2v) is 14.0. The fraction of sp³-hybridized carbons (Fsp3) is 0.357. The smallest absolute Gasteiger partial charge is 0.316 e. The third kappa shape index (κ3) is 3.72. The van der Waals surface area contributed by atoms with E-state index in [1.807, 2.05) is 31.2 Å². The van der Waals surface area contributed by atoms with Crippen LogP contribution in [0.4, 0.5) is 11.4 Å². The van der Waals surface area contributed by atoms with Gasteiger partial charge in [-0.1, -0.05) is 58.5 Å². The van der Waals surface area contributed by atoms with E-state index >= 15 is 0 Å². The summed E-state index contributed by atoms with van der Waals surface area (Å²) in [5.41, 5.74) is 2.41. The molecule has 7 nitrogen and oxygen atoms in total. The summed E-state index contributed by atoms with van der Waals surface area (Å²) in [4.78, 5) is 51.6. The maximum Gasteiger partial charge on any atom is 0.316 e. The van der Waals surface area contributed by atoms with Crippen molar-refractivity contribution < 1.29 is 23.9 Å². The Kier molecular flexibility index (Phi) is 6.74. The number of ether oxygens (including phenoxy) is 1. The predicted molar refractivity (Wildman–Crippen MR) is 158 cm³/mol. The Morgan fingerprint density at radius 2 is 1.51 bits per heavy atom. The lowest BCUT2D eigenvalue weighted by molar-refractivity contribution is -0.139. The Labute approximate surface area is 265 Å². The van der Waals surface area contributed by atoms with Gasteiger partial charge in [0.2, 0.25) is 17.7 Å². The van der Waals surface area contributed by atoms with Gasteiger partial charge in [-0.25, -0.2) is 4.90 Å². The molecule has 2 aliphatic heterocycles. The quantitative estimate of drug-likeness (QED) is 0.166. The van der Waals surface area contributed by atoms with E-state index in [2.05, 4.69) is 0 Å². The molecule has 0 unspecified atom stereocenters. The summed E-state index contributed by atoms with van der Waals surface area (Å²) in [6.45, 7) is 3.76. The third-order valence-corrected chi connectivity index (χ3v) is 12.6. The van der Waals surface area contributed by atoms with Gasteiger partial charge in [-0.2, -0.15) is 0 Å². The Hall–Kier alpha value is -2.00. The first-order valence-corrected chi connectivity index (χ1v) is 14.8. The van der Waals surface area contributed by atoms with Gasteiger partial charge in [0.25, 0.3) is 0 Å². The van der Waals surface area contributed by atoms with Gasteiger partial charge in [0.1, 0.15) is 15.5 Å². The van der Waals surface area contributed by atoms with Crippen LogP contribution in [0, 0.1) is 31.6 Å². The van der Waals surface area contributed by atoms with Crippen LogP contribution in [0.2, 0.25) is 0 Å². The summed E-state index contributed by atoms with van der Waals surface area (Å²) in [7, 11) is 0. The Balaban J connectivity index is 1.22. The summed E-state index contributed by atoms with van der Waals surface area (Å²) >= 11 is 39.4. The molecule has 2 aromatic carbocycles. The third-order valence-electron chi connectivity index (χ3n) is 8.31. The number of carbonyl (C=O) groups excluding carboxylic acids is 4. The van der Waals surface area contributed by atoms with Gasteiger partial charge in [-0.15, -0.1) is 23.2 Å². The van der Waals surface area contributed by atoms with Crippen molar-refractivity contribution in [3.63, 3.8) is 0 Å². The van der Waals surface area contributed by atoms with Crippen molar-refractivity contribution in [2.24, 2.45) is 17.8 Å². The fourth-order valence-corrected chi connectivity index (χ4v) is 9.21. The molecule has 2 aromatic rings. The number of nitrogens with zero attached hydrogens (tertiary/aromatic N) is 2. The van der Waals surface area contributed by atoms with E-state index in [9.17, 15) is 19.2 Å². The van der Waals surface area contributed by atoms with E-state index in [0.29, 0.717) is 5.56 Å². The number of amides is 3. The number of esters is 1. The Morgan fingerprint density at radius 1 is 0.902 bits per heavy atom. The van der Waals surface area contributed by atoms with E-state index in [-0.39, 0.29) is 40.4 Å². The van der Waals surface area contributed by atoms with Crippen LogP contribution >= 0.6 is 69.6 Å². The molecule has 2 bridgehead atoms. The number of rotatable bonds is 4. The number of hydrogen-bond acceptors (Lipinski definition) is 5. The summed E-state index contributed by atoms with van der Waals surface area (Å²) < 4.78 is 3.57. The van der Waals surface area contributed by atoms with Crippen LogP contribution in [0.1, 0.15) is 17.5 Å². The Morgan fingerprint density at radius 3 is 2.07 bits per heavy atom. The molecular weight excluding hydrogens is 657 g/mol. The molecule has 0 aromatic heterocycles. The Bertz CT molecular complexity index is 1560. The average molecular weight is 677 g/mol. The molecule has 0 spiro atoms. The van der Waals surface area contributed by atoms with Gasteiger partial charge in [0.15, 0.2) is 4.33 Å². The molecule has 3 fully saturated rings. The lowest BCUT2D eigenvalue weighted by Gasteiger charge is -2.34. The number of carbonyl (C=O) groups is 4. The maximum absolute atomic E-state index is 13.7. The minimum absolute atomic E-state index is 0.0194. The van der Waals surface area contributed by atoms with Gasteiger partial charge in [0, 0.05) is 18.7 Å². The highest BCUT2D eigenvalue weighted by molar-refractivity contribution is 6.67. The molecule has 4 aliphatic rings. The lowest BCUT2D eigenvalue weighted by Crippen LogP contribution is -2.50. The summed E-state index contributed by atoms with van der Waals surface area (Å²) in [5, 5.41) is -0.342. The van der Waals surface area contributed by atoms with Crippen molar-refractivity contribution >= 4 is 105 Å². The van der Waals surface area contributed by atoms with Gasteiger partial charge in [0.05, 0.1) is 33.5 Å². The normalized spacial score (nSPS) is 31.9. The molecule has 0 N–H and O–H groups in total. The average Bonchev–Trinajstić information content (AvgIpc) is 3.50. The number of anilines is 2. The zero-order chi connectivity index (χ0) is 29.8. The molecule has 3 amide bonds. The van der Waals surface area contributed by atoms with Crippen molar-refractivity contribution in [3.8, 4) is 5.75 Å². The first kappa shape index (κ1) is 29.1. The highest BCUT2D eigenvalue weighted by Gasteiger charge is 2.87.